The Kier molecular flexibility index (Phi) is 5.19. The number of nitrogens with one attached hydrogen (secondary N) is 1. The summed E-state index contributed by atoms with van der Waals surface area (Å²) in [7, 11) is 0. The maximum absolute atomic E-state index is 12.1. The van der Waals surface area contributed by atoms with Gasteiger partial charge in [0.1, 0.15) is 0 Å². The number of halogens is 1. The highest BCUT2D eigenvalue weighted by molar-refractivity contribution is 6.31. The first-order valence-corrected chi connectivity index (χ1v) is 9.30. The summed E-state index contributed by atoms with van der Waals surface area (Å²) < 4.78 is 0. The van der Waals surface area contributed by atoms with Crippen molar-refractivity contribution in [1.29, 1.82) is 0 Å². The number of nitrogens with zero attached hydrogens (tertiary/aromatic N) is 2. The minimum Gasteiger partial charge on any atom is -0.371 e. The van der Waals surface area contributed by atoms with Gasteiger partial charge in [-0.25, -0.2) is 0 Å². The van der Waals surface area contributed by atoms with Gasteiger partial charge < -0.3 is 10.2 Å². The number of rotatable bonds is 3. The van der Waals surface area contributed by atoms with E-state index in [-0.39, 0.29) is 11.3 Å². The first-order chi connectivity index (χ1) is 11.8. The lowest BCUT2D eigenvalue weighted by molar-refractivity contribution is -0.128. The van der Waals surface area contributed by atoms with Gasteiger partial charge >= 0.3 is 0 Å². The molecule has 2 aromatic rings. The number of benzene rings is 1. The normalized spacial score (nSPS) is 18.4. The molecule has 1 amide bonds. The van der Waals surface area contributed by atoms with Gasteiger partial charge in [0.25, 0.3) is 0 Å². The summed E-state index contributed by atoms with van der Waals surface area (Å²) in [5.41, 5.74) is 1.79. The van der Waals surface area contributed by atoms with Crippen molar-refractivity contribution >= 4 is 34.1 Å². The summed E-state index contributed by atoms with van der Waals surface area (Å²) in [5.74, 6) is 0.587. The molecule has 1 aliphatic heterocycles. The number of carbonyl (C=O) groups excluding carboxylic acids is 1. The smallest absolute Gasteiger partial charge is 0.225 e. The van der Waals surface area contributed by atoms with Crippen LogP contribution in [0.25, 0.3) is 10.9 Å². The van der Waals surface area contributed by atoms with Crippen molar-refractivity contribution in [3.63, 3.8) is 0 Å². The van der Waals surface area contributed by atoms with Gasteiger partial charge in [0.05, 0.1) is 5.52 Å². The number of pyridine rings is 1. The molecule has 0 radical (unpaired) electrons. The fraction of sp³-hybridized carbons (Fsp3) is 0.500. The molecule has 1 aromatic heterocycles. The van der Waals surface area contributed by atoms with Gasteiger partial charge in [-0.1, -0.05) is 32.4 Å². The van der Waals surface area contributed by atoms with Gasteiger partial charge in [-0.15, -0.1) is 0 Å². The number of anilines is 1. The maximum Gasteiger partial charge on any atom is 0.225 e. The monoisotopic (exact) mass is 359 g/mol. The Labute approximate surface area is 154 Å². The molecule has 0 bridgehead atoms. The first-order valence-electron chi connectivity index (χ1n) is 8.92. The van der Waals surface area contributed by atoms with Crippen molar-refractivity contribution in [1.82, 2.24) is 10.3 Å². The van der Waals surface area contributed by atoms with E-state index in [0.29, 0.717) is 10.9 Å². The zero-order valence-electron chi connectivity index (χ0n) is 15.2. The number of aromatic nitrogens is 1. The standard InChI is InChI=1S/C20H26ClN3O/c1-20(2,3)19(25)23-12-14-5-4-10-24(13-14)18-8-9-22-17-11-15(21)6-7-16(17)18/h6-9,11,14H,4-5,10,12-13H2,1-3H3,(H,23,25). The van der Waals surface area contributed by atoms with Gasteiger partial charge in [-0.05, 0) is 43.0 Å². The van der Waals surface area contributed by atoms with E-state index in [9.17, 15) is 4.79 Å². The van der Waals surface area contributed by atoms with Crippen LogP contribution in [0.2, 0.25) is 5.02 Å². The average molecular weight is 360 g/mol. The second kappa shape index (κ2) is 7.20. The van der Waals surface area contributed by atoms with Crippen LogP contribution in [0.4, 0.5) is 5.69 Å². The minimum atomic E-state index is -0.338. The largest absolute Gasteiger partial charge is 0.371 e. The van der Waals surface area contributed by atoms with Crippen LogP contribution in [0.5, 0.6) is 0 Å². The van der Waals surface area contributed by atoms with E-state index in [1.165, 1.54) is 5.69 Å². The molecule has 1 saturated heterocycles. The highest BCUT2D eigenvalue weighted by Crippen LogP contribution is 2.30. The predicted octanol–water partition coefficient (Wildman–Crippen LogP) is 4.27. The fourth-order valence-corrected chi connectivity index (χ4v) is 3.50. The second-order valence-corrected chi connectivity index (χ2v) is 8.34. The Morgan fingerprint density at radius 1 is 1.36 bits per heavy atom. The molecule has 134 valence electrons. The van der Waals surface area contributed by atoms with E-state index in [0.717, 1.165) is 43.4 Å². The van der Waals surface area contributed by atoms with Crippen LogP contribution in [-0.2, 0) is 4.79 Å². The number of fused-ring (bicyclic) bond motifs is 1. The van der Waals surface area contributed by atoms with Crippen LogP contribution < -0.4 is 10.2 Å². The molecule has 1 aromatic carbocycles. The average Bonchev–Trinajstić information content (AvgIpc) is 2.58. The second-order valence-electron chi connectivity index (χ2n) is 7.91. The van der Waals surface area contributed by atoms with E-state index in [1.807, 2.05) is 45.2 Å². The quantitative estimate of drug-likeness (QED) is 0.890. The van der Waals surface area contributed by atoms with Crippen molar-refractivity contribution in [3.8, 4) is 0 Å². The molecule has 3 rings (SSSR count). The first kappa shape index (κ1) is 18.0. The summed E-state index contributed by atoms with van der Waals surface area (Å²) in [6.07, 6.45) is 4.13. The van der Waals surface area contributed by atoms with Crippen LogP contribution >= 0.6 is 11.6 Å². The molecule has 1 unspecified atom stereocenters. The Bertz CT molecular complexity index is 769. The fourth-order valence-electron chi connectivity index (χ4n) is 3.33. The summed E-state index contributed by atoms with van der Waals surface area (Å²) in [6.45, 7) is 8.57. The van der Waals surface area contributed by atoms with Gasteiger partial charge in [0.2, 0.25) is 5.91 Å². The third-order valence-electron chi connectivity index (χ3n) is 4.77. The molecule has 1 fully saturated rings. The zero-order chi connectivity index (χ0) is 18.0. The molecule has 0 saturated carbocycles. The molecule has 1 N–H and O–H groups in total. The summed E-state index contributed by atoms with van der Waals surface area (Å²) >= 11 is 6.09. The highest BCUT2D eigenvalue weighted by atomic mass is 35.5. The minimum absolute atomic E-state index is 0.119. The van der Waals surface area contributed by atoms with Crippen molar-refractivity contribution in [2.24, 2.45) is 11.3 Å². The molecule has 1 atom stereocenters. The molecule has 4 nitrogen and oxygen atoms in total. The SMILES string of the molecule is CC(C)(C)C(=O)NCC1CCCN(c2ccnc3cc(Cl)ccc23)C1. The maximum atomic E-state index is 12.1. The number of carbonyl (C=O) groups is 1. The Morgan fingerprint density at radius 3 is 2.92 bits per heavy atom. The van der Waals surface area contributed by atoms with E-state index in [2.05, 4.69) is 21.3 Å². The number of hydrogen-bond acceptors (Lipinski definition) is 3. The molecule has 1 aliphatic rings. The van der Waals surface area contributed by atoms with Gasteiger partial charge in [0.15, 0.2) is 0 Å². The van der Waals surface area contributed by atoms with Gasteiger partial charge in [-0.3, -0.25) is 9.78 Å². The van der Waals surface area contributed by atoms with E-state index in [1.54, 1.807) is 0 Å². The molecule has 25 heavy (non-hydrogen) atoms. The predicted molar refractivity (Wildman–Crippen MR) is 104 cm³/mol. The zero-order valence-corrected chi connectivity index (χ0v) is 15.9. The van der Waals surface area contributed by atoms with E-state index >= 15 is 0 Å². The van der Waals surface area contributed by atoms with Crippen LogP contribution in [-0.4, -0.2) is 30.5 Å². The molecular formula is C20H26ClN3O. The molecule has 2 heterocycles. The third kappa shape index (κ3) is 4.24. The summed E-state index contributed by atoms with van der Waals surface area (Å²) in [5, 5.41) is 4.95. The van der Waals surface area contributed by atoms with Crippen LogP contribution in [0.1, 0.15) is 33.6 Å². The van der Waals surface area contributed by atoms with Crippen LogP contribution in [0.15, 0.2) is 30.5 Å². The van der Waals surface area contributed by atoms with E-state index < -0.39 is 0 Å². The Hall–Kier alpha value is -1.81. The lowest BCUT2D eigenvalue weighted by Crippen LogP contribution is -2.43. The Morgan fingerprint density at radius 2 is 2.16 bits per heavy atom. The third-order valence-corrected chi connectivity index (χ3v) is 5.01. The van der Waals surface area contributed by atoms with E-state index in [4.69, 9.17) is 11.6 Å². The van der Waals surface area contributed by atoms with Crippen LogP contribution in [0.3, 0.4) is 0 Å². The van der Waals surface area contributed by atoms with Crippen molar-refractivity contribution in [2.45, 2.75) is 33.6 Å². The lowest BCUT2D eigenvalue weighted by Gasteiger charge is -2.35. The molecular weight excluding hydrogens is 334 g/mol. The Balaban J connectivity index is 1.73. The number of amides is 1. The molecule has 5 heteroatoms. The number of piperidine rings is 1. The van der Waals surface area contributed by atoms with Crippen molar-refractivity contribution < 1.29 is 4.79 Å². The lowest BCUT2D eigenvalue weighted by atomic mass is 9.93. The van der Waals surface area contributed by atoms with Crippen molar-refractivity contribution in [3.05, 3.63) is 35.5 Å². The topological polar surface area (TPSA) is 45.2 Å². The number of hydrogen-bond donors (Lipinski definition) is 1. The molecule has 0 spiro atoms. The van der Waals surface area contributed by atoms with Gasteiger partial charge in [-0.2, -0.15) is 0 Å². The van der Waals surface area contributed by atoms with Gasteiger partial charge in [0, 0.05) is 47.3 Å². The van der Waals surface area contributed by atoms with Crippen LogP contribution in [0, 0.1) is 11.3 Å². The van der Waals surface area contributed by atoms with Crippen molar-refractivity contribution in [2.75, 3.05) is 24.5 Å². The molecule has 0 aliphatic carbocycles. The summed E-state index contributed by atoms with van der Waals surface area (Å²) in [6, 6.07) is 7.95. The summed E-state index contributed by atoms with van der Waals surface area (Å²) in [4.78, 5) is 19.0. The highest BCUT2D eigenvalue weighted by Gasteiger charge is 2.25.